The molecule has 128 valence electrons. The summed E-state index contributed by atoms with van der Waals surface area (Å²) in [6.45, 7) is 2.60. The van der Waals surface area contributed by atoms with Crippen molar-refractivity contribution < 1.29 is 14.6 Å². The topological polar surface area (TPSA) is 54.0 Å². The van der Waals surface area contributed by atoms with E-state index in [4.69, 9.17) is 9.47 Å². The van der Waals surface area contributed by atoms with Crippen LogP contribution in [-0.4, -0.2) is 55.7 Å². The molecule has 0 unspecified atom stereocenters. The van der Waals surface area contributed by atoms with Gasteiger partial charge in [0.2, 0.25) is 6.79 Å². The number of nitrogens with one attached hydrogen (secondary N) is 1. The fourth-order valence-corrected chi connectivity index (χ4v) is 3.73. The number of rotatable bonds is 7. The van der Waals surface area contributed by atoms with Crippen molar-refractivity contribution in [2.24, 2.45) is 0 Å². The molecule has 2 aliphatic rings. The lowest BCUT2D eigenvalue weighted by Gasteiger charge is -2.35. The average molecular weight is 338 g/mol. The quantitative estimate of drug-likeness (QED) is 0.794. The average Bonchev–Trinajstić information content (AvgIpc) is 3.06. The second-order valence-corrected chi connectivity index (χ2v) is 7.11. The smallest absolute Gasteiger partial charge is 0.231 e. The third kappa shape index (κ3) is 4.25. The number of aliphatic hydroxyl groups excluding tert-OH is 1. The summed E-state index contributed by atoms with van der Waals surface area (Å²) < 4.78 is 10.8. The molecule has 23 heavy (non-hydrogen) atoms. The summed E-state index contributed by atoms with van der Waals surface area (Å²) in [6, 6.07) is 6.90. The van der Waals surface area contributed by atoms with Gasteiger partial charge in [0.1, 0.15) is 0 Å². The molecule has 2 aliphatic heterocycles. The Labute approximate surface area is 142 Å². The van der Waals surface area contributed by atoms with Crippen molar-refractivity contribution >= 4 is 17.4 Å². The van der Waals surface area contributed by atoms with Gasteiger partial charge >= 0.3 is 0 Å². The van der Waals surface area contributed by atoms with Gasteiger partial charge in [0.05, 0.1) is 6.61 Å². The first kappa shape index (κ1) is 16.7. The first-order valence-corrected chi connectivity index (χ1v) is 9.70. The van der Waals surface area contributed by atoms with Crippen LogP contribution < -0.4 is 19.7 Å². The molecule has 1 saturated heterocycles. The van der Waals surface area contributed by atoms with E-state index < -0.39 is 0 Å². The number of benzene rings is 1. The van der Waals surface area contributed by atoms with E-state index in [1.165, 1.54) is 5.69 Å². The fourth-order valence-electron chi connectivity index (χ4n) is 3.21. The zero-order chi connectivity index (χ0) is 16.1. The SMILES string of the molecule is CSCC[C@@H](CO)NC1CCN(c2ccc3c(c2)OCO3)CC1. The molecule has 1 aromatic rings. The Kier molecular flexibility index (Phi) is 5.91. The molecule has 5 nitrogen and oxygen atoms in total. The molecule has 2 N–H and O–H groups in total. The molecule has 6 heteroatoms. The molecule has 2 heterocycles. The number of nitrogens with zero attached hydrogens (tertiary/aromatic N) is 1. The Morgan fingerprint density at radius 1 is 1.30 bits per heavy atom. The largest absolute Gasteiger partial charge is 0.454 e. The van der Waals surface area contributed by atoms with E-state index in [9.17, 15) is 5.11 Å². The van der Waals surface area contributed by atoms with Gasteiger partial charge in [-0.1, -0.05) is 0 Å². The van der Waals surface area contributed by atoms with Gasteiger partial charge in [0.25, 0.3) is 0 Å². The molecule has 0 bridgehead atoms. The Balaban J connectivity index is 1.50. The van der Waals surface area contributed by atoms with Crippen LogP contribution in [-0.2, 0) is 0 Å². The number of piperidine rings is 1. The molecular weight excluding hydrogens is 312 g/mol. The number of aliphatic hydroxyl groups is 1. The van der Waals surface area contributed by atoms with Crippen molar-refractivity contribution in [1.29, 1.82) is 0 Å². The summed E-state index contributed by atoms with van der Waals surface area (Å²) >= 11 is 1.83. The lowest BCUT2D eigenvalue weighted by atomic mass is 10.0. The third-order valence-corrected chi connectivity index (χ3v) is 5.22. The van der Waals surface area contributed by atoms with Gasteiger partial charge in [0.15, 0.2) is 11.5 Å². The zero-order valence-electron chi connectivity index (χ0n) is 13.7. The van der Waals surface area contributed by atoms with Gasteiger partial charge in [0, 0.05) is 36.9 Å². The fraction of sp³-hybridized carbons (Fsp3) is 0.647. The normalized spacial score (nSPS) is 19.1. The molecule has 1 fully saturated rings. The number of hydrogen-bond acceptors (Lipinski definition) is 6. The van der Waals surface area contributed by atoms with Gasteiger partial charge < -0.3 is 24.8 Å². The highest BCUT2D eigenvalue weighted by atomic mass is 32.2. The van der Waals surface area contributed by atoms with Crippen LogP contribution in [0.2, 0.25) is 0 Å². The monoisotopic (exact) mass is 338 g/mol. The summed E-state index contributed by atoms with van der Waals surface area (Å²) in [5.41, 5.74) is 1.20. The Hall–Kier alpha value is -1.11. The Morgan fingerprint density at radius 2 is 2.09 bits per heavy atom. The molecule has 0 amide bonds. The van der Waals surface area contributed by atoms with Crippen LogP contribution in [0.4, 0.5) is 5.69 Å². The second kappa shape index (κ2) is 8.13. The van der Waals surface area contributed by atoms with Crippen molar-refractivity contribution in [3.05, 3.63) is 18.2 Å². The van der Waals surface area contributed by atoms with E-state index >= 15 is 0 Å². The van der Waals surface area contributed by atoms with Gasteiger partial charge in [-0.15, -0.1) is 0 Å². The molecule has 1 atom stereocenters. The highest BCUT2D eigenvalue weighted by Gasteiger charge is 2.23. The molecule has 0 spiro atoms. The van der Waals surface area contributed by atoms with E-state index in [-0.39, 0.29) is 12.6 Å². The maximum atomic E-state index is 9.49. The zero-order valence-corrected chi connectivity index (χ0v) is 14.5. The third-order valence-electron chi connectivity index (χ3n) is 4.58. The minimum atomic E-state index is 0.225. The van der Waals surface area contributed by atoms with Gasteiger partial charge in [-0.25, -0.2) is 0 Å². The minimum absolute atomic E-state index is 0.225. The lowest BCUT2D eigenvalue weighted by Crippen LogP contribution is -2.47. The second-order valence-electron chi connectivity index (χ2n) is 6.13. The van der Waals surface area contributed by atoms with Crippen LogP contribution in [0.1, 0.15) is 19.3 Å². The number of fused-ring (bicyclic) bond motifs is 1. The van der Waals surface area contributed by atoms with Gasteiger partial charge in [-0.3, -0.25) is 0 Å². The first-order valence-electron chi connectivity index (χ1n) is 8.30. The summed E-state index contributed by atoms with van der Waals surface area (Å²) in [7, 11) is 0. The molecule has 0 saturated carbocycles. The highest BCUT2D eigenvalue weighted by Crippen LogP contribution is 2.36. The van der Waals surface area contributed by atoms with Crippen LogP contribution in [0.25, 0.3) is 0 Å². The van der Waals surface area contributed by atoms with Gasteiger partial charge in [-0.2, -0.15) is 11.8 Å². The molecular formula is C17H26N2O3S. The van der Waals surface area contributed by atoms with Crippen molar-refractivity contribution in [3.8, 4) is 11.5 Å². The number of hydrogen-bond donors (Lipinski definition) is 2. The maximum Gasteiger partial charge on any atom is 0.231 e. The lowest BCUT2D eigenvalue weighted by molar-refractivity contribution is 0.174. The molecule has 0 aromatic heterocycles. The van der Waals surface area contributed by atoms with E-state index in [1.54, 1.807) is 0 Å². The van der Waals surface area contributed by atoms with Crippen LogP contribution in [0.5, 0.6) is 11.5 Å². The van der Waals surface area contributed by atoms with Gasteiger partial charge in [-0.05, 0) is 43.4 Å². The molecule has 1 aromatic carbocycles. The summed E-state index contributed by atoms with van der Waals surface area (Å²) in [6.07, 6.45) is 5.34. The van der Waals surface area contributed by atoms with E-state index in [0.29, 0.717) is 12.8 Å². The predicted molar refractivity (Wildman–Crippen MR) is 94.8 cm³/mol. The van der Waals surface area contributed by atoms with Crippen LogP contribution in [0.3, 0.4) is 0 Å². The Bertz CT molecular complexity index is 507. The van der Waals surface area contributed by atoms with Crippen molar-refractivity contribution in [2.75, 3.05) is 43.4 Å². The van der Waals surface area contributed by atoms with E-state index in [2.05, 4.69) is 28.6 Å². The molecule has 0 aliphatic carbocycles. The summed E-state index contributed by atoms with van der Waals surface area (Å²) in [5.74, 6) is 2.78. The van der Waals surface area contributed by atoms with Crippen molar-refractivity contribution in [1.82, 2.24) is 5.32 Å². The first-order chi connectivity index (χ1) is 11.3. The minimum Gasteiger partial charge on any atom is -0.454 e. The number of anilines is 1. The highest BCUT2D eigenvalue weighted by molar-refractivity contribution is 7.98. The maximum absolute atomic E-state index is 9.49. The molecule has 0 radical (unpaired) electrons. The number of thioether (sulfide) groups is 1. The van der Waals surface area contributed by atoms with Crippen molar-refractivity contribution in [3.63, 3.8) is 0 Å². The van der Waals surface area contributed by atoms with Crippen molar-refractivity contribution in [2.45, 2.75) is 31.3 Å². The summed E-state index contributed by atoms with van der Waals surface area (Å²) in [5, 5.41) is 13.1. The van der Waals surface area contributed by atoms with E-state index in [0.717, 1.165) is 49.6 Å². The molecule has 3 rings (SSSR count). The van der Waals surface area contributed by atoms with Crippen LogP contribution in [0.15, 0.2) is 18.2 Å². The standard InChI is InChI=1S/C17H26N2O3S/c1-23-9-6-14(11-20)18-13-4-7-19(8-5-13)15-2-3-16-17(10-15)22-12-21-16/h2-3,10,13-14,18,20H,4-9,11-12H2,1H3/t14-/m0/s1. The predicted octanol–water partition coefficient (Wildman–Crippen LogP) is 2.09. The van der Waals surface area contributed by atoms with E-state index in [1.807, 2.05) is 17.8 Å². The van der Waals surface area contributed by atoms with Crippen LogP contribution in [0, 0.1) is 0 Å². The summed E-state index contributed by atoms with van der Waals surface area (Å²) in [4.78, 5) is 2.40. The number of ether oxygens (including phenoxy) is 2. The Morgan fingerprint density at radius 3 is 2.83 bits per heavy atom. The van der Waals surface area contributed by atoms with Crippen LogP contribution >= 0.6 is 11.8 Å².